The summed E-state index contributed by atoms with van der Waals surface area (Å²) in [6, 6.07) is -13.2. The minimum Gasteiger partial charge on any atom is -0.481 e. The quantitative estimate of drug-likeness (QED) is 0.0296. The maximum Gasteiger partial charge on any atom is 0.326 e. The minimum atomic E-state index is -1.92. The van der Waals surface area contributed by atoms with Crippen molar-refractivity contribution in [3.63, 3.8) is 0 Å². The first-order chi connectivity index (χ1) is 33.6. The summed E-state index contributed by atoms with van der Waals surface area (Å²) >= 11 is 2.68. The maximum absolute atomic E-state index is 14.0. The lowest BCUT2D eigenvalue weighted by atomic mass is 10.0. The van der Waals surface area contributed by atoms with E-state index in [9.17, 15) is 72.9 Å². The Bertz CT molecular complexity index is 1930. The molecule has 72 heavy (non-hydrogen) atoms. The zero-order valence-electron chi connectivity index (χ0n) is 41.9. The first kappa shape index (κ1) is 64.3. The molecule has 16 N–H and O–H groups in total. The van der Waals surface area contributed by atoms with E-state index in [1.807, 2.05) is 0 Å². The average molecular weight is 1060 g/mol. The van der Waals surface area contributed by atoms with Crippen molar-refractivity contribution in [2.75, 3.05) is 30.6 Å². The minimum absolute atomic E-state index is 0.00883. The van der Waals surface area contributed by atoms with E-state index in [0.717, 1.165) is 4.90 Å². The van der Waals surface area contributed by atoms with Gasteiger partial charge in [0.05, 0.1) is 18.9 Å². The zero-order valence-corrected chi connectivity index (χ0v) is 43.5. The molecule has 0 unspecified atom stereocenters. The molecule has 1 aliphatic heterocycles. The van der Waals surface area contributed by atoms with E-state index in [-0.39, 0.29) is 50.5 Å². The van der Waals surface area contributed by atoms with Gasteiger partial charge in [-0.2, -0.15) is 23.5 Å². The molecule has 28 heteroatoms. The molecule has 1 fully saturated rings. The number of hydrogen-bond donors (Lipinski definition) is 13. The molecule has 0 aromatic carbocycles. The van der Waals surface area contributed by atoms with Crippen LogP contribution in [-0.4, -0.2) is 182 Å². The van der Waals surface area contributed by atoms with Gasteiger partial charge in [0.2, 0.25) is 59.1 Å². The first-order valence-corrected chi connectivity index (χ1v) is 26.3. The summed E-state index contributed by atoms with van der Waals surface area (Å²) in [6.07, 6.45) is 0.0335. The molecule has 0 aromatic rings. The molecule has 0 saturated carbocycles. The number of aliphatic hydroxyl groups is 1. The molecule has 0 bridgehead atoms. The molecule has 26 nitrogen and oxygen atoms in total. The van der Waals surface area contributed by atoms with Crippen molar-refractivity contribution in [1.82, 2.24) is 42.1 Å². The van der Waals surface area contributed by atoms with Crippen LogP contribution in [0.2, 0.25) is 0 Å². The fourth-order valence-electron chi connectivity index (χ4n) is 7.36. The van der Waals surface area contributed by atoms with Crippen LogP contribution in [0, 0.1) is 11.8 Å². The zero-order chi connectivity index (χ0) is 55.0. The number of carboxylic acid groups (broad SMARTS) is 2. The van der Waals surface area contributed by atoms with E-state index in [0.29, 0.717) is 17.9 Å². The Hall–Kier alpha value is -5.74. The van der Waals surface area contributed by atoms with Gasteiger partial charge in [-0.05, 0) is 87.7 Å². The van der Waals surface area contributed by atoms with Crippen LogP contribution in [-0.2, 0) is 57.5 Å². The Morgan fingerprint density at radius 1 is 0.569 bits per heavy atom. The van der Waals surface area contributed by atoms with E-state index < -0.39 is 157 Å². The highest BCUT2D eigenvalue weighted by Crippen LogP contribution is 2.20. The number of primary amides is 2. The van der Waals surface area contributed by atoms with Crippen molar-refractivity contribution in [2.45, 2.75) is 159 Å². The number of nitrogens with zero attached hydrogens (tertiary/aromatic N) is 1. The Labute approximate surface area is 427 Å². The van der Waals surface area contributed by atoms with Crippen LogP contribution in [0.5, 0.6) is 0 Å². The van der Waals surface area contributed by atoms with Gasteiger partial charge in [0, 0.05) is 13.0 Å². The highest BCUT2D eigenvalue weighted by atomic mass is 32.2. The summed E-state index contributed by atoms with van der Waals surface area (Å²) in [5.41, 5.74) is 16.6. The molecule has 408 valence electrons. The van der Waals surface area contributed by atoms with Crippen LogP contribution < -0.4 is 54.4 Å². The van der Waals surface area contributed by atoms with Gasteiger partial charge in [-0.1, -0.05) is 27.7 Å². The Kier molecular flexibility index (Phi) is 28.9. The van der Waals surface area contributed by atoms with Crippen molar-refractivity contribution < 1.29 is 72.9 Å². The number of rotatable bonds is 34. The van der Waals surface area contributed by atoms with Crippen LogP contribution in [0.25, 0.3) is 0 Å². The number of carbonyl (C=O) groups is 12. The fraction of sp³-hybridized carbons (Fsp3) is 0.727. The lowest BCUT2D eigenvalue weighted by Crippen LogP contribution is -2.61. The van der Waals surface area contributed by atoms with Gasteiger partial charge in [0.25, 0.3) is 0 Å². The second-order valence-corrected chi connectivity index (χ2v) is 20.3. The number of hydrogen-bond acceptors (Lipinski definition) is 16. The maximum atomic E-state index is 14.0. The van der Waals surface area contributed by atoms with Crippen LogP contribution in [0.1, 0.15) is 98.8 Å². The van der Waals surface area contributed by atoms with Gasteiger partial charge in [0.15, 0.2) is 0 Å². The number of nitrogens with one attached hydrogen (secondary N) is 7. The number of nitrogens with two attached hydrogens (primary N) is 3. The number of amides is 10. The summed E-state index contributed by atoms with van der Waals surface area (Å²) in [5.74, 6) is -12.2. The third kappa shape index (κ3) is 23.2. The highest BCUT2D eigenvalue weighted by Gasteiger charge is 2.40. The van der Waals surface area contributed by atoms with Crippen LogP contribution >= 0.6 is 23.5 Å². The number of aliphatic carboxylic acids is 2. The largest absolute Gasteiger partial charge is 0.481 e. The second kappa shape index (κ2) is 32.4. The summed E-state index contributed by atoms with van der Waals surface area (Å²) in [7, 11) is 0. The lowest BCUT2D eigenvalue weighted by Gasteiger charge is -2.29. The Morgan fingerprint density at radius 2 is 0.972 bits per heavy atom. The van der Waals surface area contributed by atoms with E-state index in [2.05, 4.69) is 37.2 Å². The van der Waals surface area contributed by atoms with Crippen LogP contribution in [0.15, 0.2) is 0 Å². The van der Waals surface area contributed by atoms with Crippen molar-refractivity contribution in [3.8, 4) is 0 Å². The molecule has 1 heterocycles. The van der Waals surface area contributed by atoms with Crippen molar-refractivity contribution in [2.24, 2.45) is 29.0 Å². The number of thioether (sulfide) groups is 2. The molecular weight excluding hydrogens is 987 g/mol. The normalized spacial score (nSPS) is 17.1. The molecule has 0 aliphatic carbocycles. The number of carboxylic acids is 2. The monoisotopic (exact) mass is 1060 g/mol. The van der Waals surface area contributed by atoms with Crippen molar-refractivity contribution >= 4 is 94.5 Å². The highest BCUT2D eigenvalue weighted by molar-refractivity contribution is 7.98. The van der Waals surface area contributed by atoms with E-state index >= 15 is 0 Å². The molecule has 1 saturated heterocycles. The molecule has 0 spiro atoms. The predicted octanol–water partition coefficient (Wildman–Crippen LogP) is -3.62. The van der Waals surface area contributed by atoms with E-state index in [1.54, 1.807) is 40.2 Å². The predicted molar refractivity (Wildman–Crippen MR) is 265 cm³/mol. The van der Waals surface area contributed by atoms with Crippen molar-refractivity contribution in [3.05, 3.63) is 0 Å². The topological polar surface area (TPSA) is 431 Å². The summed E-state index contributed by atoms with van der Waals surface area (Å²) in [6.45, 7) is 8.27. The Morgan fingerprint density at radius 3 is 1.39 bits per heavy atom. The molecule has 0 radical (unpaired) electrons. The van der Waals surface area contributed by atoms with E-state index in [1.165, 1.54) is 30.4 Å². The van der Waals surface area contributed by atoms with Crippen LogP contribution in [0.3, 0.4) is 0 Å². The average Bonchev–Trinajstić information content (AvgIpc) is 3.78. The number of likely N-dealkylation sites (tertiary alicyclic amines) is 1. The lowest BCUT2D eigenvalue weighted by molar-refractivity contribution is -0.143. The van der Waals surface area contributed by atoms with Gasteiger partial charge in [0.1, 0.15) is 54.4 Å². The molecule has 10 atom stereocenters. The summed E-state index contributed by atoms with van der Waals surface area (Å²) in [5, 5.41) is 46.3. The van der Waals surface area contributed by atoms with Gasteiger partial charge >= 0.3 is 11.9 Å². The third-order valence-electron chi connectivity index (χ3n) is 11.2. The Balaban J connectivity index is 3.44. The fourth-order valence-corrected chi connectivity index (χ4v) is 8.30. The number of aliphatic hydroxyl groups excluding tert-OH is 1. The standard InChI is InChI=1S/C44H75N11O15S2/c1-21(2)17-27(51-41(66)29(20-34(59)60)53-36(61)24(10-11-32(45)57)50-42(67)31-9-8-14-55(31)43(68)35(47)23(5)56)39(64)52-28(19-33(46)58)40(65)49-25(12-15-71-6)37(62)48-26(13-16-72-7)38(63)54-30(44(69)70)18-22(3)4/h21-31,35,56H,8-20,47H2,1-7H3,(H2,45,57)(H2,46,58)(H,48,62)(H,49,65)(H,50,67)(H,51,66)(H,52,64)(H,53,61)(H,54,63)(H,59,60)(H,69,70)/t23-,24+,25+,26+,27+,28+,29+,30+,31+,35+/m1/s1. The molecular formula is C44H75N11O15S2. The molecule has 1 rings (SSSR count). The summed E-state index contributed by atoms with van der Waals surface area (Å²) in [4.78, 5) is 158. The molecule has 0 aromatic heterocycles. The van der Waals surface area contributed by atoms with Crippen molar-refractivity contribution in [1.29, 1.82) is 0 Å². The van der Waals surface area contributed by atoms with E-state index in [4.69, 9.17) is 17.2 Å². The SMILES string of the molecule is CSCC[C@H](NC(=O)[C@H](CCSC)NC(=O)[C@H](CC(N)=O)NC(=O)[C@H](CC(C)C)NC(=O)[C@H](CC(=O)O)NC(=O)[C@H](CCC(N)=O)NC(=O)[C@@H]1CCCN1C(=O)[C@@H](N)[C@@H](C)O)C(=O)N[C@@H](CC(C)C)C(=O)O. The molecule has 1 aliphatic rings. The van der Waals surface area contributed by atoms with Gasteiger partial charge < -0.3 is 74.6 Å². The smallest absolute Gasteiger partial charge is 0.326 e. The number of carbonyl (C=O) groups excluding carboxylic acids is 10. The molecule has 10 amide bonds. The second-order valence-electron chi connectivity index (χ2n) is 18.3. The van der Waals surface area contributed by atoms with Gasteiger partial charge in [-0.15, -0.1) is 0 Å². The first-order valence-electron chi connectivity index (χ1n) is 23.5. The third-order valence-corrected chi connectivity index (χ3v) is 12.4. The van der Waals surface area contributed by atoms with Gasteiger partial charge in [-0.25, -0.2) is 4.79 Å². The van der Waals surface area contributed by atoms with Crippen LogP contribution in [0.4, 0.5) is 0 Å². The summed E-state index contributed by atoms with van der Waals surface area (Å²) < 4.78 is 0. The van der Waals surface area contributed by atoms with Gasteiger partial charge in [-0.3, -0.25) is 52.7 Å².